The summed E-state index contributed by atoms with van der Waals surface area (Å²) in [5.74, 6) is 0. The van der Waals surface area contributed by atoms with E-state index in [-0.39, 0.29) is 0 Å². The normalized spacial score (nSPS) is 15.0. The Kier molecular flexibility index (Phi) is 2.92. The highest BCUT2D eigenvalue weighted by atomic mass is 15.1. The number of H-pyrrole nitrogens is 1. The number of aromatic nitrogens is 2. The average molecular weight is 241 g/mol. The lowest BCUT2D eigenvalue weighted by atomic mass is 10.0. The second-order valence-electron chi connectivity index (χ2n) is 5.30. The van der Waals surface area contributed by atoms with Crippen molar-refractivity contribution in [1.82, 2.24) is 15.5 Å². The third-order valence-electron chi connectivity index (χ3n) is 3.39. The summed E-state index contributed by atoms with van der Waals surface area (Å²) in [5.41, 5.74) is 6.22. The monoisotopic (exact) mass is 241 g/mol. The van der Waals surface area contributed by atoms with Gasteiger partial charge in [-0.25, -0.2) is 0 Å². The summed E-state index contributed by atoms with van der Waals surface area (Å²) in [6.45, 7) is 5.17. The summed E-state index contributed by atoms with van der Waals surface area (Å²) in [6, 6.07) is 7.34. The van der Waals surface area contributed by atoms with Gasteiger partial charge in [0.1, 0.15) is 0 Å². The lowest BCUT2D eigenvalue weighted by Crippen LogP contribution is -2.15. The lowest BCUT2D eigenvalue weighted by Gasteiger charge is -2.07. The summed E-state index contributed by atoms with van der Waals surface area (Å²) in [4.78, 5) is 0. The first kappa shape index (κ1) is 11.5. The van der Waals surface area contributed by atoms with Gasteiger partial charge in [-0.1, -0.05) is 17.2 Å². The number of rotatable bonds is 4. The molecule has 3 rings (SSSR count). The molecule has 0 aliphatic heterocycles. The molecule has 1 fully saturated rings. The van der Waals surface area contributed by atoms with Gasteiger partial charge < -0.3 is 5.32 Å². The Hall–Kier alpha value is -1.61. The summed E-state index contributed by atoms with van der Waals surface area (Å²) in [6.07, 6.45) is 4.57. The number of hydrogen-bond acceptors (Lipinski definition) is 2. The van der Waals surface area contributed by atoms with Crippen LogP contribution in [0.4, 0.5) is 0 Å². The molecule has 1 aliphatic rings. The van der Waals surface area contributed by atoms with Crippen LogP contribution < -0.4 is 5.32 Å². The van der Waals surface area contributed by atoms with Gasteiger partial charge in [-0.05, 0) is 38.8 Å². The first-order valence-electron chi connectivity index (χ1n) is 6.56. The van der Waals surface area contributed by atoms with Gasteiger partial charge >= 0.3 is 0 Å². The first-order valence-corrected chi connectivity index (χ1v) is 6.56. The highest BCUT2D eigenvalue weighted by Crippen LogP contribution is 2.25. The van der Waals surface area contributed by atoms with Crippen molar-refractivity contribution in [2.45, 2.75) is 39.3 Å². The predicted molar refractivity (Wildman–Crippen MR) is 73.4 cm³/mol. The van der Waals surface area contributed by atoms with Crippen LogP contribution in [0.5, 0.6) is 0 Å². The molecule has 0 saturated heterocycles. The Labute approximate surface area is 108 Å². The van der Waals surface area contributed by atoms with Gasteiger partial charge in [0.15, 0.2) is 0 Å². The van der Waals surface area contributed by atoms with Gasteiger partial charge in [-0.3, -0.25) is 5.10 Å². The Bertz CT molecular complexity index is 532. The van der Waals surface area contributed by atoms with Crippen LogP contribution in [0.25, 0.3) is 11.3 Å². The van der Waals surface area contributed by atoms with Gasteiger partial charge in [0.05, 0.1) is 11.9 Å². The van der Waals surface area contributed by atoms with E-state index in [9.17, 15) is 0 Å². The van der Waals surface area contributed by atoms with Gasteiger partial charge in [0, 0.05) is 23.7 Å². The molecule has 94 valence electrons. The quantitative estimate of drug-likeness (QED) is 0.864. The smallest absolute Gasteiger partial charge is 0.0695 e. The highest BCUT2D eigenvalue weighted by molar-refractivity contribution is 5.64. The zero-order chi connectivity index (χ0) is 12.5. The minimum atomic E-state index is 0.729. The van der Waals surface area contributed by atoms with Crippen LogP contribution in [0.1, 0.15) is 29.5 Å². The highest BCUT2D eigenvalue weighted by Gasteiger charge is 2.21. The molecule has 0 bridgehead atoms. The van der Waals surface area contributed by atoms with E-state index in [2.05, 4.69) is 47.6 Å². The van der Waals surface area contributed by atoms with Crippen molar-refractivity contribution in [2.24, 2.45) is 0 Å². The van der Waals surface area contributed by atoms with Crippen LogP contribution in [-0.2, 0) is 6.54 Å². The molecule has 3 heteroatoms. The number of benzene rings is 1. The summed E-state index contributed by atoms with van der Waals surface area (Å²) in [5, 5.41) is 10.9. The minimum Gasteiger partial charge on any atom is -0.310 e. The second kappa shape index (κ2) is 4.58. The fourth-order valence-electron chi connectivity index (χ4n) is 2.36. The Morgan fingerprint density at radius 3 is 2.61 bits per heavy atom. The van der Waals surface area contributed by atoms with Crippen molar-refractivity contribution >= 4 is 0 Å². The Morgan fingerprint density at radius 2 is 1.94 bits per heavy atom. The largest absolute Gasteiger partial charge is 0.310 e. The van der Waals surface area contributed by atoms with Gasteiger partial charge in [0.2, 0.25) is 0 Å². The zero-order valence-corrected chi connectivity index (χ0v) is 11.0. The van der Waals surface area contributed by atoms with Crippen LogP contribution in [0.15, 0.2) is 24.4 Å². The van der Waals surface area contributed by atoms with Crippen LogP contribution >= 0.6 is 0 Å². The van der Waals surface area contributed by atoms with Gasteiger partial charge in [-0.15, -0.1) is 0 Å². The molecule has 18 heavy (non-hydrogen) atoms. The van der Waals surface area contributed by atoms with E-state index < -0.39 is 0 Å². The van der Waals surface area contributed by atoms with Crippen LogP contribution in [0.2, 0.25) is 0 Å². The number of aryl methyl sites for hydroxylation is 2. The maximum atomic E-state index is 4.19. The molecular formula is C15H19N3. The molecule has 1 heterocycles. The molecule has 0 spiro atoms. The van der Waals surface area contributed by atoms with E-state index in [4.69, 9.17) is 0 Å². The number of hydrogen-bond donors (Lipinski definition) is 2. The van der Waals surface area contributed by atoms with E-state index in [1.807, 2.05) is 6.20 Å². The molecule has 1 aliphatic carbocycles. The Balaban J connectivity index is 1.87. The van der Waals surface area contributed by atoms with Crippen molar-refractivity contribution in [1.29, 1.82) is 0 Å². The van der Waals surface area contributed by atoms with Crippen molar-refractivity contribution in [3.05, 3.63) is 41.1 Å². The molecule has 0 amide bonds. The molecule has 2 N–H and O–H groups in total. The number of nitrogens with zero attached hydrogens (tertiary/aromatic N) is 1. The number of nitrogens with one attached hydrogen (secondary N) is 2. The van der Waals surface area contributed by atoms with Crippen molar-refractivity contribution in [2.75, 3.05) is 0 Å². The molecule has 1 aromatic heterocycles. The average Bonchev–Trinajstić information content (AvgIpc) is 3.02. The molecule has 0 atom stereocenters. The van der Waals surface area contributed by atoms with E-state index in [1.165, 1.54) is 35.1 Å². The zero-order valence-electron chi connectivity index (χ0n) is 11.0. The van der Waals surface area contributed by atoms with Crippen LogP contribution in [-0.4, -0.2) is 16.2 Å². The van der Waals surface area contributed by atoms with Gasteiger partial charge in [0.25, 0.3) is 0 Å². The second-order valence-corrected chi connectivity index (χ2v) is 5.30. The van der Waals surface area contributed by atoms with Crippen molar-refractivity contribution in [3.63, 3.8) is 0 Å². The predicted octanol–water partition coefficient (Wildman–Crippen LogP) is 2.95. The molecular weight excluding hydrogens is 222 g/mol. The van der Waals surface area contributed by atoms with Crippen LogP contribution in [0, 0.1) is 13.8 Å². The minimum absolute atomic E-state index is 0.729. The summed E-state index contributed by atoms with van der Waals surface area (Å²) < 4.78 is 0. The van der Waals surface area contributed by atoms with E-state index in [1.54, 1.807) is 0 Å². The van der Waals surface area contributed by atoms with Crippen molar-refractivity contribution < 1.29 is 0 Å². The maximum absolute atomic E-state index is 4.19. The first-order chi connectivity index (χ1) is 8.72. The van der Waals surface area contributed by atoms with E-state index in [0.717, 1.165) is 18.3 Å². The molecule has 1 saturated carbocycles. The van der Waals surface area contributed by atoms with Gasteiger partial charge in [-0.2, -0.15) is 5.10 Å². The molecule has 0 unspecified atom stereocenters. The SMILES string of the molecule is Cc1cc(C)cc(-c2[nH]ncc2CNC2CC2)c1. The third kappa shape index (κ3) is 2.46. The molecule has 0 radical (unpaired) electrons. The molecule has 1 aromatic carbocycles. The standard InChI is InChI=1S/C15H19N3/c1-10-5-11(2)7-12(6-10)15-13(9-17-18-15)8-16-14-3-4-14/h5-7,9,14,16H,3-4,8H2,1-2H3,(H,17,18). The fourth-order valence-corrected chi connectivity index (χ4v) is 2.36. The topological polar surface area (TPSA) is 40.7 Å². The summed E-state index contributed by atoms with van der Waals surface area (Å²) in [7, 11) is 0. The lowest BCUT2D eigenvalue weighted by molar-refractivity contribution is 0.689. The summed E-state index contributed by atoms with van der Waals surface area (Å²) >= 11 is 0. The fraction of sp³-hybridized carbons (Fsp3) is 0.400. The van der Waals surface area contributed by atoms with E-state index >= 15 is 0 Å². The third-order valence-corrected chi connectivity index (χ3v) is 3.39. The Morgan fingerprint density at radius 1 is 1.22 bits per heavy atom. The maximum Gasteiger partial charge on any atom is 0.0695 e. The molecule has 3 nitrogen and oxygen atoms in total. The van der Waals surface area contributed by atoms with E-state index in [0.29, 0.717) is 0 Å². The van der Waals surface area contributed by atoms with Crippen LogP contribution in [0.3, 0.4) is 0 Å². The molecule has 2 aromatic rings. The number of aromatic amines is 1. The van der Waals surface area contributed by atoms with Crippen molar-refractivity contribution in [3.8, 4) is 11.3 Å².